The molecule has 3 rings (SSSR count). The Kier molecular flexibility index (Phi) is 2.94. The smallest absolute Gasteiger partial charge is 0.0233 e. The number of piperidine rings is 1. The molecule has 0 spiro atoms. The Bertz CT molecular complexity index is 322. The van der Waals surface area contributed by atoms with Gasteiger partial charge in [0, 0.05) is 19.6 Å². The lowest BCUT2D eigenvalue weighted by Crippen LogP contribution is -2.35. The topological polar surface area (TPSA) is 15.3 Å². The van der Waals surface area contributed by atoms with Gasteiger partial charge in [0.25, 0.3) is 0 Å². The monoisotopic (exact) mass is 216 g/mol. The lowest BCUT2D eigenvalue weighted by atomic mass is 9.90. The van der Waals surface area contributed by atoms with Crippen LogP contribution < -0.4 is 5.32 Å². The number of hydrogen-bond donors (Lipinski definition) is 1. The van der Waals surface area contributed by atoms with Gasteiger partial charge in [0.2, 0.25) is 0 Å². The molecule has 86 valence electrons. The van der Waals surface area contributed by atoms with Crippen LogP contribution in [0.3, 0.4) is 0 Å². The Morgan fingerprint density at radius 3 is 2.75 bits per heavy atom. The van der Waals surface area contributed by atoms with Crippen LogP contribution in [0.2, 0.25) is 0 Å². The number of nitrogens with one attached hydrogen (secondary N) is 1. The van der Waals surface area contributed by atoms with E-state index >= 15 is 0 Å². The molecule has 1 unspecified atom stereocenters. The van der Waals surface area contributed by atoms with Crippen molar-refractivity contribution in [2.45, 2.75) is 13.0 Å². The highest BCUT2D eigenvalue weighted by atomic mass is 15.2. The van der Waals surface area contributed by atoms with Crippen LogP contribution in [0.4, 0.5) is 0 Å². The summed E-state index contributed by atoms with van der Waals surface area (Å²) in [5.41, 5.74) is 1.45. The molecule has 2 heterocycles. The number of hydrogen-bond acceptors (Lipinski definition) is 2. The summed E-state index contributed by atoms with van der Waals surface area (Å²) in [7, 11) is 0. The number of benzene rings is 1. The molecule has 0 saturated carbocycles. The van der Waals surface area contributed by atoms with E-state index in [1.165, 1.54) is 38.2 Å². The number of rotatable bonds is 2. The summed E-state index contributed by atoms with van der Waals surface area (Å²) in [6.07, 6.45) is 1.37. The second-order valence-electron chi connectivity index (χ2n) is 5.19. The van der Waals surface area contributed by atoms with Crippen molar-refractivity contribution >= 4 is 0 Å². The Morgan fingerprint density at radius 2 is 1.94 bits per heavy atom. The standard InChI is InChI=1S/C14H20N2/c1-2-4-12(5-3-1)9-16-10-13-6-7-15-8-14(13)11-16/h1-5,13-15H,6-11H2/t13-,14?/m1/s1. The molecule has 2 heteroatoms. The Morgan fingerprint density at radius 1 is 1.12 bits per heavy atom. The molecule has 0 bridgehead atoms. The Labute approximate surface area is 97.6 Å². The molecule has 2 fully saturated rings. The first-order chi connectivity index (χ1) is 7.92. The molecule has 0 aromatic heterocycles. The zero-order valence-corrected chi connectivity index (χ0v) is 9.73. The molecule has 2 saturated heterocycles. The Balaban J connectivity index is 1.61. The zero-order chi connectivity index (χ0) is 10.8. The lowest BCUT2D eigenvalue weighted by Gasteiger charge is -2.24. The summed E-state index contributed by atoms with van der Waals surface area (Å²) in [5, 5.41) is 3.51. The minimum absolute atomic E-state index is 0.900. The molecule has 2 aliphatic rings. The molecular weight excluding hydrogens is 196 g/mol. The van der Waals surface area contributed by atoms with Gasteiger partial charge in [-0.3, -0.25) is 4.90 Å². The summed E-state index contributed by atoms with van der Waals surface area (Å²) in [5.74, 6) is 1.85. The van der Waals surface area contributed by atoms with E-state index in [0.29, 0.717) is 0 Å². The molecule has 0 amide bonds. The highest BCUT2D eigenvalue weighted by Gasteiger charge is 2.33. The largest absolute Gasteiger partial charge is 0.316 e. The fourth-order valence-corrected chi connectivity index (χ4v) is 3.14. The van der Waals surface area contributed by atoms with E-state index < -0.39 is 0 Å². The third-order valence-electron chi connectivity index (χ3n) is 4.00. The van der Waals surface area contributed by atoms with E-state index in [4.69, 9.17) is 0 Å². The van der Waals surface area contributed by atoms with Gasteiger partial charge in [-0.15, -0.1) is 0 Å². The van der Waals surface area contributed by atoms with E-state index in [1.807, 2.05) is 0 Å². The maximum absolute atomic E-state index is 3.51. The summed E-state index contributed by atoms with van der Waals surface area (Å²) in [6.45, 7) is 6.18. The summed E-state index contributed by atoms with van der Waals surface area (Å²) < 4.78 is 0. The maximum atomic E-state index is 3.51. The van der Waals surface area contributed by atoms with Crippen molar-refractivity contribution in [1.29, 1.82) is 0 Å². The molecule has 0 aliphatic carbocycles. The molecule has 2 nitrogen and oxygen atoms in total. The van der Waals surface area contributed by atoms with Gasteiger partial charge in [-0.2, -0.15) is 0 Å². The average Bonchev–Trinajstić information content (AvgIpc) is 2.72. The third kappa shape index (κ3) is 2.13. The maximum Gasteiger partial charge on any atom is 0.0233 e. The molecule has 2 atom stereocenters. The van der Waals surface area contributed by atoms with Gasteiger partial charge < -0.3 is 5.32 Å². The van der Waals surface area contributed by atoms with Gasteiger partial charge in [-0.1, -0.05) is 30.3 Å². The lowest BCUT2D eigenvalue weighted by molar-refractivity contribution is 0.313. The van der Waals surface area contributed by atoms with Crippen molar-refractivity contribution in [3.8, 4) is 0 Å². The normalized spacial score (nSPS) is 30.2. The quantitative estimate of drug-likeness (QED) is 0.810. The average molecular weight is 216 g/mol. The zero-order valence-electron chi connectivity index (χ0n) is 9.73. The number of nitrogens with zero attached hydrogens (tertiary/aromatic N) is 1. The number of likely N-dealkylation sites (tertiary alicyclic amines) is 1. The van der Waals surface area contributed by atoms with E-state index in [9.17, 15) is 0 Å². The second-order valence-corrected chi connectivity index (χ2v) is 5.19. The van der Waals surface area contributed by atoms with E-state index in [0.717, 1.165) is 18.4 Å². The van der Waals surface area contributed by atoms with Crippen molar-refractivity contribution in [3.63, 3.8) is 0 Å². The fraction of sp³-hybridized carbons (Fsp3) is 0.571. The van der Waals surface area contributed by atoms with Gasteiger partial charge in [0.15, 0.2) is 0 Å². The van der Waals surface area contributed by atoms with Crippen LogP contribution >= 0.6 is 0 Å². The molecular formula is C14H20N2. The van der Waals surface area contributed by atoms with Crippen LogP contribution in [0.5, 0.6) is 0 Å². The molecule has 1 aromatic carbocycles. The van der Waals surface area contributed by atoms with E-state index in [-0.39, 0.29) is 0 Å². The van der Waals surface area contributed by atoms with Crippen molar-refractivity contribution < 1.29 is 0 Å². The SMILES string of the molecule is c1ccc(CN2CC3CNCC[C@@H]3C2)cc1. The van der Waals surface area contributed by atoms with Crippen molar-refractivity contribution in [3.05, 3.63) is 35.9 Å². The van der Waals surface area contributed by atoms with Gasteiger partial charge in [0.05, 0.1) is 0 Å². The minimum Gasteiger partial charge on any atom is -0.316 e. The van der Waals surface area contributed by atoms with Crippen LogP contribution in [-0.2, 0) is 6.54 Å². The second kappa shape index (κ2) is 4.56. The van der Waals surface area contributed by atoms with Gasteiger partial charge in [-0.25, -0.2) is 0 Å². The van der Waals surface area contributed by atoms with Crippen LogP contribution in [0.25, 0.3) is 0 Å². The van der Waals surface area contributed by atoms with Crippen molar-refractivity contribution in [2.75, 3.05) is 26.2 Å². The third-order valence-corrected chi connectivity index (χ3v) is 4.00. The molecule has 16 heavy (non-hydrogen) atoms. The number of fused-ring (bicyclic) bond motifs is 1. The highest BCUT2D eigenvalue weighted by Crippen LogP contribution is 2.28. The van der Waals surface area contributed by atoms with Crippen LogP contribution in [-0.4, -0.2) is 31.1 Å². The Hall–Kier alpha value is -0.860. The van der Waals surface area contributed by atoms with E-state index in [1.54, 1.807) is 0 Å². The minimum atomic E-state index is 0.900. The van der Waals surface area contributed by atoms with Gasteiger partial charge in [0.1, 0.15) is 0 Å². The molecule has 2 aliphatic heterocycles. The van der Waals surface area contributed by atoms with E-state index in [2.05, 4.69) is 40.5 Å². The predicted octanol–water partition coefficient (Wildman–Crippen LogP) is 1.73. The van der Waals surface area contributed by atoms with Crippen LogP contribution in [0, 0.1) is 11.8 Å². The first-order valence-corrected chi connectivity index (χ1v) is 6.39. The molecule has 1 aromatic rings. The summed E-state index contributed by atoms with van der Waals surface area (Å²) in [6, 6.07) is 10.8. The first kappa shape index (κ1) is 10.3. The van der Waals surface area contributed by atoms with Gasteiger partial charge in [-0.05, 0) is 36.9 Å². The van der Waals surface area contributed by atoms with Crippen molar-refractivity contribution in [2.24, 2.45) is 11.8 Å². The molecule has 1 N–H and O–H groups in total. The van der Waals surface area contributed by atoms with Crippen LogP contribution in [0.1, 0.15) is 12.0 Å². The van der Waals surface area contributed by atoms with Gasteiger partial charge >= 0.3 is 0 Å². The highest BCUT2D eigenvalue weighted by molar-refractivity contribution is 5.14. The molecule has 0 radical (unpaired) electrons. The predicted molar refractivity (Wildman–Crippen MR) is 66.2 cm³/mol. The van der Waals surface area contributed by atoms with Crippen LogP contribution in [0.15, 0.2) is 30.3 Å². The first-order valence-electron chi connectivity index (χ1n) is 6.39. The fourth-order valence-electron chi connectivity index (χ4n) is 3.14. The summed E-state index contributed by atoms with van der Waals surface area (Å²) >= 11 is 0. The summed E-state index contributed by atoms with van der Waals surface area (Å²) in [4.78, 5) is 2.62. The van der Waals surface area contributed by atoms with Crippen molar-refractivity contribution in [1.82, 2.24) is 10.2 Å².